The molecule has 166 valence electrons. The topological polar surface area (TPSA) is 63.5 Å². The molecule has 33 heavy (non-hydrogen) atoms. The van der Waals surface area contributed by atoms with Crippen LogP contribution >= 0.6 is 0 Å². The SMILES string of the molecule is COc1ccccc1N1CCN(C(=O)c2nc(-c3ccccc3)n(-c3ccccc3)n2)CC1. The molecule has 0 N–H and O–H groups in total. The molecule has 7 heteroatoms. The summed E-state index contributed by atoms with van der Waals surface area (Å²) in [6.07, 6.45) is 0. The highest BCUT2D eigenvalue weighted by atomic mass is 16.5. The van der Waals surface area contributed by atoms with Crippen LogP contribution in [0, 0.1) is 0 Å². The van der Waals surface area contributed by atoms with E-state index in [2.05, 4.69) is 15.0 Å². The quantitative estimate of drug-likeness (QED) is 0.472. The van der Waals surface area contributed by atoms with Crippen LogP contribution < -0.4 is 9.64 Å². The van der Waals surface area contributed by atoms with E-state index in [0.29, 0.717) is 18.9 Å². The number of hydrogen-bond donors (Lipinski definition) is 0. The normalized spacial score (nSPS) is 13.7. The van der Waals surface area contributed by atoms with Crippen LogP contribution in [0.15, 0.2) is 84.9 Å². The van der Waals surface area contributed by atoms with E-state index in [1.807, 2.05) is 89.8 Å². The van der Waals surface area contributed by atoms with Gasteiger partial charge in [0.25, 0.3) is 5.91 Å². The summed E-state index contributed by atoms with van der Waals surface area (Å²) in [4.78, 5) is 22.1. The molecule has 0 bridgehead atoms. The van der Waals surface area contributed by atoms with Gasteiger partial charge in [-0.25, -0.2) is 9.67 Å². The Morgan fingerprint density at radius 1 is 0.818 bits per heavy atom. The van der Waals surface area contributed by atoms with E-state index >= 15 is 0 Å². The maximum atomic E-state index is 13.3. The number of ether oxygens (including phenoxy) is 1. The summed E-state index contributed by atoms with van der Waals surface area (Å²) in [6.45, 7) is 2.63. The Morgan fingerprint density at radius 2 is 1.45 bits per heavy atom. The maximum Gasteiger partial charge on any atom is 0.293 e. The first-order chi connectivity index (χ1) is 16.2. The van der Waals surface area contributed by atoms with Crippen molar-refractivity contribution >= 4 is 11.6 Å². The molecule has 0 atom stereocenters. The first kappa shape index (κ1) is 20.8. The summed E-state index contributed by atoms with van der Waals surface area (Å²) in [5.41, 5.74) is 2.82. The zero-order chi connectivity index (χ0) is 22.6. The Hall–Kier alpha value is -4.13. The largest absolute Gasteiger partial charge is 0.495 e. The molecule has 0 radical (unpaired) electrons. The van der Waals surface area contributed by atoms with Crippen LogP contribution in [-0.2, 0) is 0 Å². The minimum atomic E-state index is -0.151. The molecule has 1 aromatic heterocycles. The van der Waals surface area contributed by atoms with E-state index in [1.54, 1.807) is 11.8 Å². The van der Waals surface area contributed by atoms with E-state index in [0.717, 1.165) is 35.8 Å². The molecule has 1 aliphatic rings. The molecule has 4 aromatic rings. The summed E-state index contributed by atoms with van der Waals surface area (Å²) in [5.74, 6) is 1.55. The van der Waals surface area contributed by atoms with Crippen molar-refractivity contribution in [3.8, 4) is 22.8 Å². The first-order valence-corrected chi connectivity index (χ1v) is 11.0. The third-order valence-corrected chi connectivity index (χ3v) is 5.82. The predicted octanol–water partition coefficient (Wildman–Crippen LogP) is 3.91. The number of aromatic nitrogens is 3. The highest BCUT2D eigenvalue weighted by Crippen LogP contribution is 2.28. The summed E-state index contributed by atoms with van der Waals surface area (Å²) in [7, 11) is 1.68. The summed E-state index contributed by atoms with van der Waals surface area (Å²) < 4.78 is 7.24. The van der Waals surface area contributed by atoms with Crippen molar-refractivity contribution in [2.45, 2.75) is 0 Å². The molecule has 2 heterocycles. The van der Waals surface area contributed by atoms with Gasteiger partial charge in [0.05, 0.1) is 18.5 Å². The molecule has 1 aliphatic heterocycles. The predicted molar refractivity (Wildman–Crippen MR) is 128 cm³/mol. The van der Waals surface area contributed by atoms with Gasteiger partial charge in [0, 0.05) is 31.7 Å². The minimum Gasteiger partial charge on any atom is -0.495 e. The molecule has 1 amide bonds. The number of carbonyl (C=O) groups excluding carboxylic acids is 1. The van der Waals surface area contributed by atoms with Crippen molar-refractivity contribution in [3.63, 3.8) is 0 Å². The number of para-hydroxylation sites is 3. The molecule has 3 aromatic carbocycles. The Labute approximate surface area is 192 Å². The van der Waals surface area contributed by atoms with Crippen LogP contribution in [0.25, 0.3) is 17.1 Å². The van der Waals surface area contributed by atoms with E-state index in [9.17, 15) is 4.79 Å². The van der Waals surface area contributed by atoms with Gasteiger partial charge in [-0.05, 0) is 24.3 Å². The van der Waals surface area contributed by atoms with Crippen LogP contribution in [-0.4, -0.2) is 58.9 Å². The van der Waals surface area contributed by atoms with Gasteiger partial charge < -0.3 is 14.5 Å². The van der Waals surface area contributed by atoms with Gasteiger partial charge in [0.1, 0.15) is 5.75 Å². The summed E-state index contributed by atoms with van der Waals surface area (Å²) in [5, 5.41) is 4.62. The van der Waals surface area contributed by atoms with Gasteiger partial charge in [-0.1, -0.05) is 60.7 Å². The third-order valence-electron chi connectivity index (χ3n) is 5.82. The third kappa shape index (κ3) is 4.17. The standard InChI is InChI=1S/C26H25N5O2/c1-33-23-15-9-8-14-22(23)29-16-18-30(19-17-29)26(32)24-27-25(20-10-4-2-5-11-20)31(28-24)21-12-6-3-7-13-21/h2-15H,16-19H2,1H3. The van der Waals surface area contributed by atoms with Crippen molar-refractivity contribution in [1.82, 2.24) is 19.7 Å². The summed E-state index contributed by atoms with van der Waals surface area (Å²) in [6, 6.07) is 27.6. The fourth-order valence-corrected chi connectivity index (χ4v) is 4.11. The number of nitrogens with zero attached hydrogens (tertiary/aromatic N) is 5. The number of carbonyl (C=O) groups is 1. The second-order valence-electron chi connectivity index (χ2n) is 7.82. The minimum absolute atomic E-state index is 0.151. The van der Waals surface area contributed by atoms with Gasteiger partial charge >= 0.3 is 0 Å². The van der Waals surface area contributed by atoms with Crippen molar-refractivity contribution in [2.24, 2.45) is 0 Å². The number of rotatable bonds is 5. The molecule has 1 saturated heterocycles. The fourth-order valence-electron chi connectivity index (χ4n) is 4.11. The number of piperazine rings is 1. The highest BCUT2D eigenvalue weighted by molar-refractivity contribution is 5.91. The lowest BCUT2D eigenvalue weighted by Gasteiger charge is -2.36. The van der Waals surface area contributed by atoms with E-state index in [1.165, 1.54) is 0 Å². The van der Waals surface area contributed by atoms with Crippen LogP contribution in [0.5, 0.6) is 5.75 Å². The second-order valence-corrected chi connectivity index (χ2v) is 7.82. The number of amides is 1. The average Bonchev–Trinajstić information content (AvgIpc) is 3.35. The Morgan fingerprint density at radius 3 is 2.15 bits per heavy atom. The second kappa shape index (κ2) is 9.16. The molecular weight excluding hydrogens is 414 g/mol. The van der Waals surface area contributed by atoms with Crippen LogP contribution in [0.2, 0.25) is 0 Å². The van der Waals surface area contributed by atoms with E-state index < -0.39 is 0 Å². The number of benzene rings is 3. The molecule has 0 unspecified atom stereocenters. The van der Waals surface area contributed by atoms with Crippen LogP contribution in [0.4, 0.5) is 5.69 Å². The maximum absolute atomic E-state index is 13.3. The lowest BCUT2D eigenvalue weighted by Crippen LogP contribution is -2.49. The highest BCUT2D eigenvalue weighted by Gasteiger charge is 2.27. The van der Waals surface area contributed by atoms with Crippen molar-refractivity contribution in [1.29, 1.82) is 0 Å². The van der Waals surface area contributed by atoms with Gasteiger partial charge in [-0.3, -0.25) is 4.79 Å². The number of hydrogen-bond acceptors (Lipinski definition) is 5. The van der Waals surface area contributed by atoms with Gasteiger partial charge in [-0.15, -0.1) is 5.10 Å². The van der Waals surface area contributed by atoms with Crippen molar-refractivity contribution < 1.29 is 9.53 Å². The molecule has 1 fully saturated rings. The molecule has 0 saturated carbocycles. The Balaban J connectivity index is 1.39. The van der Waals surface area contributed by atoms with Crippen molar-refractivity contribution in [3.05, 3.63) is 90.8 Å². The zero-order valence-corrected chi connectivity index (χ0v) is 18.5. The average molecular weight is 440 g/mol. The zero-order valence-electron chi connectivity index (χ0n) is 18.5. The van der Waals surface area contributed by atoms with E-state index in [-0.39, 0.29) is 11.7 Å². The monoisotopic (exact) mass is 439 g/mol. The molecular formula is C26H25N5O2. The van der Waals surface area contributed by atoms with Crippen LogP contribution in [0.3, 0.4) is 0 Å². The molecule has 5 rings (SSSR count). The van der Waals surface area contributed by atoms with Crippen LogP contribution in [0.1, 0.15) is 10.6 Å². The van der Waals surface area contributed by atoms with E-state index in [4.69, 9.17) is 4.74 Å². The lowest BCUT2D eigenvalue weighted by atomic mass is 10.2. The van der Waals surface area contributed by atoms with Gasteiger partial charge in [0.2, 0.25) is 5.82 Å². The molecule has 0 spiro atoms. The molecule has 0 aliphatic carbocycles. The number of anilines is 1. The fraction of sp³-hybridized carbons (Fsp3) is 0.192. The van der Waals surface area contributed by atoms with Crippen molar-refractivity contribution in [2.75, 3.05) is 38.2 Å². The summed E-state index contributed by atoms with van der Waals surface area (Å²) >= 11 is 0. The lowest BCUT2D eigenvalue weighted by molar-refractivity contribution is 0.0734. The van der Waals surface area contributed by atoms with Gasteiger partial charge in [-0.2, -0.15) is 0 Å². The Bertz CT molecular complexity index is 1180. The smallest absolute Gasteiger partial charge is 0.293 e. The number of methoxy groups -OCH3 is 1. The Kier molecular flexibility index (Phi) is 5.76. The first-order valence-electron chi connectivity index (χ1n) is 11.0. The molecule has 7 nitrogen and oxygen atoms in total. The van der Waals surface area contributed by atoms with Gasteiger partial charge in [0.15, 0.2) is 5.82 Å².